The van der Waals surface area contributed by atoms with Crippen molar-refractivity contribution in [2.75, 3.05) is 18.9 Å². The summed E-state index contributed by atoms with van der Waals surface area (Å²) >= 11 is 0. The van der Waals surface area contributed by atoms with E-state index in [-0.39, 0.29) is 18.0 Å². The number of carbonyl (C=O) groups excluding carboxylic acids is 1. The van der Waals surface area contributed by atoms with E-state index in [1.165, 1.54) is 6.07 Å². The molecule has 0 spiro atoms. The molecule has 2 aromatic carbocycles. The number of nitro groups is 1. The van der Waals surface area contributed by atoms with E-state index in [1.807, 2.05) is 18.2 Å². The minimum Gasteiger partial charge on any atom is -0.379 e. The maximum atomic E-state index is 12.2. The first-order chi connectivity index (χ1) is 12.0. The summed E-state index contributed by atoms with van der Waals surface area (Å²) in [5, 5.41) is 22.7. The number of nitro benzene ring substituents is 1. The Balaban J connectivity index is 1.85. The van der Waals surface area contributed by atoms with Gasteiger partial charge in [0, 0.05) is 32.6 Å². The summed E-state index contributed by atoms with van der Waals surface area (Å²) in [6.45, 7) is 0.747. The van der Waals surface area contributed by atoms with Gasteiger partial charge in [0.15, 0.2) is 0 Å². The molecule has 128 valence electrons. The number of anilines is 1. The quantitative estimate of drug-likeness (QED) is 0.618. The summed E-state index contributed by atoms with van der Waals surface area (Å²) in [5.74, 6) is -0.0737. The monoisotopic (exact) mass is 338 g/mol. The second-order valence-electron chi connectivity index (χ2n) is 5.51. The van der Waals surface area contributed by atoms with E-state index < -0.39 is 4.92 Å². The number of benzene rings is 2. The first-order valence-corrected chi connectivity index (χ1v) is 7.71. The molecule has 0 aliphatic rings. The Morgan fingerprint density at radius 1 is 1.24 bits per heavy atom. The standard InChI is InChI=1S/C18H18N4O3/c1-21(13-15-8-6-14(12-19)7-9-15)18(23)10-11-20-16-4-2-3-5-17(16)22(24)25/h2-9,20H,10-11,13H2,1H3. The van der Waals surface area contributed by atoms with Crippen molar-refractivity contribution in [3.8, 4) is 6.07 Å². The van der Waals surface area contributed by atoms with Gasteiger partial charge in [-0.3, -0.25) is 14.9 Å². The van der Waals surface area contributed by atoms with Crippen LogP contribution in [0.3, 0.4) is 0 Å². The van der Waals surface area contributed by atoms with Crippen LogP contribution in [0.15, 0.2) is 48.5 Å². The van der Waals surface area contributed by atoms with Crippen molar-refractivity contribution in [1.82, 2.24) is 4.90 Å². The van der Waals surface area contributed by atoms with Crippen LogP contribution in [0.25, 0.3) is 0 Å². The molecule has 25 heavy (non-hydrogen) atoms. The average molecular weight is 338 g/mol. The fourth-order valence-corrected chi connectivity index (χ4v) is 2.32. The van der Waals surface area contributed by atoms with Gasteiger partial charge >= 0.3 is 0 Å². The lowest BCUT2D eigenvalue weighted by Gasteiger charge is -2.17. The Kier molecular flexibility index (Phi) is 6.07. The topological polar surface area (TPSA) is 99.3 Å². The van der Waals surface area contributed by atoms with Crippen molar-refractivity contribution in [2.45, 2.75) is 13.0 Å². The molecule has 0 atom stereocenters. The first-order valence-electron chi connectivity index (χ1n) is 7.71. The van der Waals surface area contributed by atoms with Gasteiger partial charge in [-0.05, 0) is 23.8 Å². The molecule has 0 saturated heterocycles. The van der Waals surface area contributed by atoms with Gasteiger partial charge in [0.2, 0.25) is 5.91 Å². The molecule has 0 aliphatic heterocycles. The van der Waals surface area contributed by atoms with E-state index in [2.05, 4.69) is 5.32 Å². The van der Waals surface area contributed by atoms with Crippen LogP contribution in [0.4, 0.5) is 11.4 Å². The SMILES string of the molecule is CN(Cc1ccc(C#N)cc1)C(=O)CCNc1ccccc1[N+](=O)[O-]. The molecular weight excluding hydrogens is 320 g/mol. The van der Waals surface area contributed by atoms with Gasteiger partial charge in [-0.25, -0.2) is 0 Å². The molecule has 1 N–H and O–H groups in total. The molecule has 7 nitrogen and oxygen atoms in total. The third-order valence-corrected chi connectivity index (χ3v) is 3.68. The molecule has 0 radical (unpaired) electrons. The Labute approximate surface area is 145 Å². The van der Waals surface area contributed by atoms with Crippen LogP contribution in [0.5, 0.6) is 0 Å². The number of nitrogens with zero attached hydrogens (tertiary/aromatic N) is 3. The van der Waals surface area contributed by atoms with Crippen molar-refractivity contribution in [2.24, 2.45) is 0 Å². The van der Waals surface area contributed by atoms with Crippen molar-refractivity contribution >= 4 is 17.3 Å². The van der Waals surface area contributed by atoms with Gasteiger partial charge in [0.25, 0.3) is 5.69 Å². The molecule has 7 heteroatoms. The van der Waals surface area contributed by atoms with E-state index >= 15 is 0 Å². The summed E-state index contributed by atoms with van der Waals surface area (Å²) in [6.07, 6.45) is 0.221. The van der Waals surface area contributed by atoms with Crippen LogP contribution < -0.4 is 5.32 Å². The van der Waals surface area contributed by atoms with Crippen molar-refractivity contribution in [3.63, 3.8) is 0 Å². The first kappa shape index (κ1) is 17.9. The van der Waals surface area contributed by atoms with Gasteiger partial charge in [-0.2, -0.15) is 5.26 Å². The third kappa shape index (κ3) is 5.04. The zero-order chi connectivity index (χ0) is 18.2. The van der Waals surface area contributed by atoms with E-state index in [0.717, 1.165) is 5.56 Å². The Bertz CT molecular complexity index is 797. The van der Waals surface area contributed by atoms with E-state index in [0.29, 0.717) is 24.3 Å². The largest absolute Gasteiger partial charge is 0.379 e. The normalized spacial score (nSPS) is 9.92. The zero-order valence-corrected chi connectivity index (χ0v) is 13.8. The highest BCUT2D eigenvalue weighted by molar-refractivity contribution is 5.76. The number of nitrogens with one attached hydrogen (secondary N) is 1. The number of carbonyl (C=O) groups is 1. The molecule has 0 aliphatic carbocycles. The second-order valence-corrected chi connectivity index (χ2v) is 5.51. The Morgan fingerprint density at radius 2 is 1.92 bits per heavy atom. The van der Waals surface area contributed by atoms with Crippen LogP contribution in [0.1, 0.15) is 17.5 Å². The van der Waals surface area contributed by atoms with Crippen LogP contribution in [0, 0.1) is 21.4 Å². The summed E-state index contributed by atoms with van der Waals surface area (Å²) in [6, 6.07) is 15.4. The lowest BCUT2D eigenvalue weighted by atomic mass is 10.1. The summed E-state index contributed by atoms with van der Waals surface area (Å²) in [4.78, 5) is 24.3. The minimum atomic E-state index is -0.457. The fourth-order valence-electron chi connectivity index (χ4n) is 2.32. The van der Waals surface area contributed by atoms with Crippen molar-refractivity contribution < 1.29 is 9.72 Å². The third-order valence-electron chi connectivity index (χ3n) is 3.68. The van der Waals surface area contributed by atoms with Gasteiger partial charge in [0.05, 0.1) is 16.6 Å². The summed E-state index contributed by atoms with van der Waals surface area (Å²) in [7, 11) is 1.70. The Hall–Kier alpha value is -3.40. The Morgan fingerprint density at radius 3 is 2.56 bits per heavy atom. The lowest BCUT2D eigenvalue weighted by Crippen LogP contribution is -2.27. The molecule has 0 fully saturated rings. The van der Waals surface area contributed by atoms with E-state index in [1.54, 1.807) is 42.3 Å². The van der Waals surface area contributed by atoms with Gasteiger partial charge in [-0.15, -0.1) is 0 Å². The number of nitriles is 1. The highest BCUT2D eigenvalue weighted by atomic mass is 16.6. The minimum absolute atomic E-state index is 0.0131. The number of hydrogen-bond donors (Lipinski definition) is 1. The predicted molar refractivity (Wildman–Crippen MR) is 93.8 cm³/mol. The predicted octanol–water partition coefficient (Wildman–Crippen LogP) is 2.93. The number of hydrogen-bond acceptors (Lipinski definition) is 5. The van der Waals surface area contributed by atoms with Crippen LogP contribution in [0.2, 0.25) is 0 Å². The van der Waals surface area contributed by atoms with Gasteiger partial charge < -0.3 is 10.2 Å². The van der Waals surface area contributed by atoms with Crippen LogP contribution in [-0.4, -0.2) is 29.3 Å². The molecule has 0 aromatic heterocycles. The molecule has 2 rings (SSSR count). The zero-order valence-electron chi connectivity index (χ0n) is 13.8. The number of amides is 1. The number of rotatable bonds is 7. The lowest BCUT2D eigenvalue weighted by molar-refractivity contribution is -0.384. The van der Waals surface area contributed by atoms with Gasteiger partial charge in [-0.1, -0.05) is 24.3 Å². The molecule has 0 bridgehead atoms. The molecule has 1 amide bonds. The van der Waals surface area contributed by atoms with E-state index in [4.69, 9.17) is 5.26 Å². The fraction of sp³-hybridized carbons (Fsp3) is 0.222. The van der Waals surface area contributed by atoms with Gasteiger partial charge in [0.1, 0.15) is 5.69 Å². The molecule has 0 heterocycles. The maximum Gasteiger partial charge on any atom is 0.292 e. The molecule has 2 aromatic rings. The smallest absolute Gasteiger partial charge is 0.292 e. The maximum absolute atomic E-state index is 12.2. The van der Waals surface area contributed by atoms with Crippen molar-refractivity contribution in [3.05, 3.63) is 69.8 Å². The average Bonchev–Trinajstić information content (AvgIpc) is 2.62. The number of para-hydroxylation sites is 2. The molecular formula is C18H18N4O3. The second kappa shape index (κ2) is 8.45. The summed E-state index contributed by atoms with van der Waals surface area (Å²) in [5.41, 5.74) is 1.89. The highest BCUT2D eigenvalue weighted by Crippen LogP contribution is 2.22. The highest BCUT2D eigenvalue weighted by Gasteiger charge is 2.13. The van der Waals surface area contributed by atoms with Crippen LogP contribution in [-0.2, 0) is 11.3 Å². The van der Waals surface area contributed by atoms with Crippen LogP contribution >= 0.6 is 0 Å². The molecule has 0 unspecified atom stereocenters. The molecule has 0 saturated carbocycles. The van der Waals surface area contributed by atoms with Crippen molar-refractivity contribution in [1.29, 1.82) is 5.26 Å². The van der Waals surface area contributed by atoms with E-state index in [9.17, 15) is 14.9 Å². The summed E-state index contributed by atoms with van der Waals surface area (Å²) < 4.78 is 0.